The first kappa shape index (κ1) is 14.0. The summed E-state index contributed by atoms with van der Waals surface area (Å²) in [6.07, 6.45) is 1.29. The first-order valence-corrected chi connectivity index (χ1v) is 6.88. The maximum absolute atomic E-state index is 10.8. The van der Waals surface area contributed by atoms with Gasteiger partial charge in [0.05, 0.1) is 0 Å². The molecule has 0 spiro atoms. The van der Waals surface area contributed by atoms with E-state index in [4.69, 9.17) is 19.6 Å². The Balaban J connectivity index is 5.03. The topological polar surface area (TPSA) is 118 Å². The molecule has 0 saturated carbocycles. The summed E-state index contributed by atoms with van der Waals surface area (Å²) < 4.78 is 21.6. The van der Waals surface area contributed by atoms with Gasteiger partial charge in [0.25, 0.3) is 0 Å². The van der Waals surface area contributed by atoms with E-state index >= 15 is 0 Å². The molecule has 0 radical (unpaired) electrons. The molecule has 0 aliphatic carbocycles. The van der Waals surface area contributed by atoms with Gasteiger partial charge < -0.3 is 19.6 Å². The highest BCUT2D eigenvalue weighted by Crippen LogP contribution is 2.60. The van der Waals surface area contributed by atoms with Crippen LogP contribution in [-0.4, -0.2) is 43.6 Å². The molecular formula is C5H13NO6P2. The molecule has 84 valence electrons. The Morgan fingerprint density at radius 1 is 1.29 bits per heavy atom. The maximum Gasteiger partial charge on any atom is 0.354 e. The third-order valence-electron chi connectivity index (χ3n) is 1.41. The zero-order valence-corrected chi connectivity index (χ0v) is 9.30. The predicted octanol–water partition coefficient (Wildman–Crippen LogP) is -0.257. The van der Waals surface area contributed by atoms with Gasteiger partial charge in [0.15, 0.2) is 0 Å². The zero-order valence-electron chi connectivity index (χ0n) is 7.52. The van der Waals surface area contributed by atoms with Crippen LogP contribution in [0.5, 0.6) is 0 Å². The summed E-state index contributed by atoms with van der Waals surface area (Å²) in [5.41, 5.74) is -2.10. The molecule has 0 aliphatic rings. The van der Waals surface area contributed by atoms with Crippen molar-refractivity contribution in [2.45, 2.75) is 5.52 Å². The Hall–Kier alpha value is -0.0000000000000000416. The van der Waals surface area contributed by atoms with Crippen LogP contribution in [0.4, 0.5) is 0 Å². The first-order chi connectivity index (χ1) is 6.10. The lowest BCUT2D eigenvalue weighted by molar-refractivity contribution is 0.268. The van der Waals surface area contributed by atoms with E-state index in [-0.39, 0.29) is 6.54 Å². The fraction of sp³-hybridized carbons (Fsp3) is 0.600. The van der Waals surface area contributed by atoms with Crippen molar-refractivity contribution in [3.63, 3.8) is 0 Å². The fourth-order valence-corrected chi connectivity index (χ4v) is 3.79. The Morgan fingerprint density at radius 2 is 1.64 bits per heavy atom. The molecular weight excluding hydrogens is 232 g/mol. The van der Waals surface area contributed by atoms with Crippen molar-refractivity contribution in [3.05, 3.63) is 12.7 Å². The highest BCUT2D eigenvalue weighted by atomic mass is 31.2. The summed E-state index contributed by atoms with van der Waals surface area (Å²) in [6, 6.07) is 0. The Kier molecular flexibility index (Phi) is 4.68. The molecule has 9 heteroatoms. The molecule has 0 aromatic rings. The molecule has 0 heterocycles. The minimum atomic E-state index is -4.87. The second kappa shape index (κ2) is 4.68. The SMILES string of the molecule is C=CCN(C)C(P(=O)(O)O)P(=O)(O)O. The van der Waals surface area contributed by atoms with Gasteiger partial charge in [-0.05, 0) is 7.05 Å². The highest BCUT2D eigenvalue weighted by molar-refractivity contribution is 7.70. The molecule has 7 nitrogen and oxygen atoms in total. The molecule has 0 rings (SSSR count). The summed E-state index contributed by atoms with van der Waals surface area (Å²) in [4.78, 5) is 35.9. The molecule has 4 N–H and O–H groups in total. The molecule has 0 atom stereocenters. The predicted molar refractivity (Wildman–Crippen MR) is 50.7 cm³/mol. The lowest BCUT2D eigenvalue weighted by Crippen LogP contribution is -2.31. The average Bonchev–Trinajstić information content (AvgIpc) is 1.78. The number of hydrogen-bond donors (Lipinski definition) is 4. The van der Waals surface area contributed by atoms with E-state index in [1.807, 2.05) is 0 Å². The van der Waals surface area contributed by atoms with Gasteiger partial charge in [-0.15, -0.1) is 6.58 Å². The van der Waals surface area contributed by atoms with Crippen molar-refractivity contribution >= 4 is 15.2 Å². The van der Waals surface area contributed by atoms with Crippen LogP contribution in [0, 0.1) is 0 Å². The van der Waals surface area contributed by atoms with E-state index in [1.165, 1.54) is 13.1 Å². The van der Waals surface area contributed by atoms with Crippen molar-refractivity contribution < 1.29 is 28.7 Å². The van der Waals surface area contributed by atoms with Crippen LogP contribution in [-0.2, 0) is 9.13 Å². The van der Waals surface area contributed by atoms with Crippen LogP contribution in [0.1, 0.15) is 0 Å². The largest absolute Gasteiger partial charge is 0.354 e. The molecule has 0 unspecified atom stereocenters. The van der Waals surface area contributed by atoms with Gasteiger partial charge in [-0.1, -0.05) is 6.08 Å². The fourth-order valence-electron chi connectivity index (χ4n) is 1.01. The lowest BCUT2D eigenvalue weighted by Gasteiger charge is -2.27. The lowest BCUT2D eigenvalue weighted by atomic mass is 10.6. The van der Waals surface area contributed by atoms with Crippen molar-refractivity contribution in [2.75, 3.05) is 13.6 Å². The monoisotopic (exact) mass is 245 g/mol. The van der Waals surface area contributed by atoms with Gasteiger partial charge in [-0.3, -0.25) is 14.0 Å². The van der Waals surface area contributed by atoms with Crippen LogP contribution in [0.25, 0.3) is 0 Å². The molecule has 14 heavy (non-hydrogen) atoms. The van der Waals surface area contributed by atoms with Gasteiger partial charge in [0, 0.05) is 6.54 Å². The number of nitrogens with zero attached hydrogens (tertiary/aromatic N) is 1. The van der Waals surface area contributed by atoms with Gasteiger partial charge in [-0.2, -0.15) is 0 Å². The van der Waals surface area contributed by atoms with Gasteiger partial charge in [0.1, 0.15) is 0 Å². The third kappa shape index (κ3) is 4.02. The second-order valence-corrected chi connectivity index (χ2v) is 6.49. The molecule has 0 aliphatic heterocycles. The molecule has 0 aromatic heterocycles. The number of hydrogen-bond acceptors (Lipinski definition) is 3. The summed E-state index contributed by atoms with van der Waals surface area (Å²) in [6.45, 7) is 3.27. The first-order valence-electron chi connectivity index (χ1n) is 3.52. The van der Waals surface area contributed by atoms with Crippen LogP contribution in [0.2, 0.25) is 0 Å². The van der Waals surface area contributed by atoms with Crippen LogP contribution in [0.15, 0.2) is 12.7 Å². The Bertz CT molecular complexity index is 271. The van der Waals surface area contributed by atoms with E-state index in [1.54, 1.807) is 0 Å². The zero-order chi connectivity index (χ0) is 11.6. The number of likely N-dealkylation sites (N-methyl/N-ethyl adjacent to an activating group) is 1. The number of rotatable bonds is 5. The summed E-state index contributed by atoms with van der Waals surface area (Å²) in [5.74, 6) is 0. The summed E-state index contributed by atoms with van der Waals surface area (Å²) in [5, 5.41) is 0. The molecule has 0 amide bonds. The second-order valence-electron chi connectivity index (χ2n) is 2.75. The van der Waals surface area contributed by atoms with Gasteiger partial charge in [0.2, 0.25) is 5.52 Å². The average molecular weight is 245 g/mol. The van der Waals surface area contributed by atoms with Crippen LogP contribution < -0.4 is 0 Å². The normalized spacial score (nSPS) is 13.6. The van der Waals surface area contributed by atoms with E-state index in [0.717, 1.165) is 4.90 Å². The van der Waals surface area contributed by atoms with Crippen LogP contribution in [0.3, 0.4) is 0 Å². The van der Waals surface area contributed by atoms with Crippen molar-refractivity contribution in [1.29, 1.82) is 0 Å². The van der Waals surface area contributed by atoms with Crippen molar-refractivity contribution in [2.24, 2.45) is 0 Å². The van der Waals surface area contributed by atoms with E-state index < -0.39 is 20.7 Å². The van der Waals surface area contributed by atoms with Crippen molar-refractivity contribution in [1.82, 2.24) is 4.90 Å². The van der Waals surface area contributed by atoms with Crippen LogP contribution >= 0.6 is 15.2 Å². The Morgan fingerprint density at radius 3 is 1.86 bits per heavy atom. The molecule has 0 saturated heterocycles. The Labute approximate surface area is 81.4 Å². The standard InChI is InChI=1S/C5H13NO6P2/c1-3-4-6(2)5(13(7,8)9)14(10,11)12/h3,5H,1,4H2,2H3,(H2,7,8,9)(H2,10,11,12). The quantitative estimate of drug-likeness (QED) is 0.389. The molecule has 0 fully saturated rings. The van der Waals surface area contributed by atoms with Crippen molar-refractivity contribution in [3.8, 4) is 0 Å². The van der Waals surface area contributed by atoms with Gasteiger partial charge >= 0.3 is 15.2 Å². The van der Waals surface area contributed by atoms with E-state index in [2.05, 4.69) is 6.58 Å². The third-order valence-corrected chi connectivity index (χ3v) is 5.21. The minimum Gasteiger partial charge on any atom is -0.323 e. The van der Waals surface area contributed by atoms with E-state index in [0.29, 0.717) is 0 Å². The molecule has 0 aromatic carbocycles. The smallest absolute Gasteiger partial charge is 0.323 e. The summed E-state index contributed by atoms with van der Waals surface area (Å²) >= 11 is 0. The molecule has 0 bridgehead atoms. The summed E-state index contributed by atoms with van der Waals surface area (Å²) in [7, 11) is -8.54. The maximum atomic E-state index is 10.8. The van der Waals surface area contributed by atoms with E-state index in [9.17, 15) is 9.13 Å². The van der Waals surface area contributed by atoms with Gasteiger partial charge in [-0.25, -0.2) is 0 Å². The minimum absolute atomic E-state index is 0.0269. The highest BCUT2D eigenvalue weighted by Gasteiger charge is 2.45.